The number of hydrogen-bond donors (Lipinski definition) is 0. The molecular formula is C28H26N2O2. The van der Waals surface area contributed by atoms with Crippen molar-refractivity contribution in [2.75, 3.05) is 14.1 Å². The van der Waals surface area contributed by atoms with E-state index in [-0.39, 0.29) is 17.7 Å². The van der Waals surface area contributed by atoms with Crippen molar-refractivity contribution in [3.05, 3.63) is 77.0 Å². The van der Waals surface area contributed by atoms with Crippen molar-refractivity contribution in [3.8, 4) is 0 Å². The summed E-state index contributed by atoms with van der Waals surface area (Å²) < 4.78 is 0. The number of fused-ring (bicyclic) bond motifs is 4. The highest BCUT2D eigenvalue weighted by atomic mass is 16.2. The molecule has 0 radical (unpaired) electrons. The SMILES string of the molecule is CN1C(=O)C2=C(C3CCCCC3)N(C)C(=O)C2=C1c1cc2ccccc2c2ccccc12. The molecule has 3 aliphatic rings. The average molecular weight is 423 g/mol. The second kappa shape index (κ2) is 7.06. The number of carbonyl (C=O) groups is 2. The third-order valence-corrected chi connectivity index (χ3v) is 7.49. The first-order chi connectivity index (χ1) is 15.6. The topological polar surface area (TPSA) is 40.6 Å². The fourth-order valence-corrected chi connectivity index (χ4v) is 5.97. The van der Waals surface area contributed by atoms with Gasteiger partial charge in [-0.15, -0.1) is 0 Å². The smallest absolute Gasteiger partial charge is 0.260 e. The molecule has 1 saturated carbocycles. The Balaban J connectivity index is 1.66. The molecule has 0 aromatic heterocycles. The Hall–Kier alpha value is -3.40. The maximum atomic E-state index is 13.6. The predicted molar refractivity (Wildman–Crippen MR) is 128 cm³/mol. The molecule has 3 aromatic rings. The molecule has 2 heterocycles. The van der Waals surface area contributed by atoms with E-state index in [1.54, 1.807) is 9.80 Å². The molecule has 0 bridgehead atoms. The van der Waals surface area contributed by atoms with Crippen molar-refractivity contribution in [1.82, 2.24) is 9.80 Å². The van der Waals surface area contributed by atoms with E-state index in [0.29, 0.717) is 11.1 Å². The lowest BCUT2D eigenvalue weighted by Crippen LogP contribution is -2.29. The summed E-state index contributed by atoms with van der Waals surface area (Å²) in [6.45, 7) is 0. The average Bonchev–Trinajstić information content (AvgIpc) is 3.24. The summed E-state index contributed by atoms with van der Waals surface area (Å²) in [6.07, 6.45) is 5.66. The first-order valence-corrected chi connectivity index (χ1v) is 11.5. The number of likely N-dealkylation sites (N-methyl/N-ethyl adjacent to an activating group) is 2. The standard InChI is InChI=1S/C28H26N2O2/c1-29-25(17-10-4-3-5-11-17)23-24(28(29)32)26(30(2)27(23)31)22-16-18-12-6-7-13-19(18)20-14-8-9-15-21(20)22/h6-9,12-17H,3-5,10-11H2,1-2H3. The van der Waals surface area contributed by atoms with Crippen LogP contribution in [0.25, 0.3) is 27.2 Å². The van der Waals surface area contributed by atoms with Gasteiger partial charge >= 0.3 is 0 Å². The van der Waals surface area contributed by atoms with Crippen molar-refractivity contribution in [2.24, 2.45) is 5.92 Å². The molecule has 0 saturated heterocycles. The van der Waals surface area contributed by atoms with Gasteiger partial charge in [-0.25, -0.2) is 0 Å². The van der Waals surface area contributed by atoms with Crippen LogP contribution < -0.4 is 0 Å². The highest BCUT2D eigenvalue weighted by Crippen LogP contribution is 2.48. The van der Waals surface area contributed by atoms with E-state index in [4.69, 9.17) is 0 Å². The maximum absolute atomic E-state index is 13.6. The molecule has 0 atom stereocenters. The van der Waals surface area contributed by atoms with E-state index >= 15 is 0 Å². The van der Waals surface area contributed by atoms with Crippen LogP contribution >= 0.6 is 0 Å². The molecule has 4 heteroatoms. The van der Waals surface area contributed by atoms with Gasteiger partial charge in [0.05, 0.1) is 16.8 Å². The summed E-state index contributed by atoms with van der Waals surface area (Å²) in [4.78, 5) is 30.6. The Morgan fingerprint density at radius 3 is 2.09 bits per heavy atom. The summed E-state index contributed by atoms with van der Waals surface area (Å²) in [7, 11) is 3.65. The molecule has 1 aliphatic carbocycles. The second-order valence-corrected chi connectivity index (χ2v) is 9.24. The number of benzene rings is 3. The fourth-order valence-electron chi connectivity index (χ4n) is 5.97. The minimum absolute atomic E-state index is 0.0505. The van der Waals surface area contributed by atoms with Crippen LogP contribution in [0.3, 0.4) is 0 Å². The van der Waals surface area contributed by atoms with Gasteiger partial charge in [0.2, 0.25) is 0 Å². The fraction of sp³-hybridized carbons (Fsp3) is 0.286. The normalized spacial score (nSPS) is 19.8. The minimum atomic E-state index is -0.0505. The minimum Gasteiger partial charge on any atom is -0.314 e. The van der Waals surface area contributed by atoms with E-state index in [0.717, 1.165) is 58.8 Å². The molecular weight excluding hydrogens is 396 g/mol. The highest BCUT2D eigenvalue weighted by molar-refractivity contribution is 6.27. The third-order valence-electron chi connectivity index (χ3n) is 7.49. The van der Waals surface area contributed by atoms with Crippen molar-refractivity contribution < 1.29 is 9.59 Å². The molecule has 3 aromatic carbocycles. The summed E-state index contributed by atoms with van der Waals surface area (Å²) >= 11 is 0. The lowest BCUT2D eigenvalue weighted by atomic mass is 9.85. The Morgan fingerprint density at radius 2 is 1.34 bits per heavy atom. The number of amides is 2. The van der Waals surface area contributed by atoms with Gasteiger partial charge in [-0.3, -0.25) is 9.59 Å². The van der Waals surface area contributed by atoms with Crippen LogP contribution in [-0.2, 0) is 9.59 Å². The third kappa shape index (κ3) is 2.56. The number of carbonyl (C=O) groups excluding carboxylic acids is 2. The number of nitrogens with zero attached hydrogens (tertiary/aromatic N) is 2. The van der Waals surface area contributed by atoms with Gasteiger partial charge in [-0.1, -0.05) is 67.8 Å². The molecule has 0 spiro atoms. The summed E-state index contributed by atoms with van der Waals surface area (Å²) in [6, 6.07) is 18.7. The zero-order valence-corrected chi connectivity index (χ0v) is 18.5. The van der Waals surface area contributed by atoms with Crippen LogP contribution in [0.1, 0.15) is 37.7 Å². The Kier molecular flexibility index (Phi) is 4.26. The van der Waals surface area contributed by atoms with E-state index in [1.165, 1.54) is 11.8 Å². The van der Waals surface area contributed by atoms with Gasteiger partial charge in [-0.2, -0.15) is 0 Å². The van der Waals surface area contributed by atoms with Crippen LogP contribution in [-0.4, -0.2) is 35.7 Å². The van der Waals surface area contributed by atoms with Gasteiger partial charge in [0.25, 0.3) is 11.8 Å². The Bertz CT molecular complexity index is 1370. The number of hydrogen-bond acceptors (Lipinski definition) is 2. The lowest BCUT2D eigenvalue weighted by Gasteiger charge is -2.28. The molecule has 0 unspecified atom stereocenters. The lowest BCUT2D eigenvalue weighted by molar-refractivity contribution is -0.123. The van der Waals surface area contributed by atoms with Gasteiger partial charge in [-0.05, 0) is 40.5 Å². The van der Waals surface area contributed by atoms with Crippen LogP contribution in [0.2, 0.25) is 0 Å². The quantitative estimate of drug-likeness (QED) is 0.513. The maximum Gasteiger partial charge on any atom is 0.260 e. The van der Waals surface area contributed by atoms with E-state index in [1.807, 2.05) is 38.4 Å². The molecule has 32 heavy (non-hydrogen) atoms. The number of allylic oxidation sites excluding steroid dienone is 1. The highest BCUT2D eigenvalue weighted by Gasteiger charge is 2.48. The Labute approximate surface area is 187 Å². The summed E-state index contributed by atoms with van der Waals surface area (Å²) in [5, 5.41) is 4.49. The molecule has 2 aliphatic heterocycles. The van der Waals surface area contributed by atoms with Gasteiger partial charge < -0.3 is 9.80 Å². The Morgan fingerprint density at radius 1 is 0.719 bits per heavy atom. The van der Waals surface area contributed by atoms with Crippen LogP contribution in [0.5, 0.6) is 0 Å². The van der Waals surface area contributed by atoms with Crippen LogP contribution in [0.4, 0.5) is 0 Å². The molecule has 6 rings (SSSR count). The zero-order valence-electron chi connectivity index (χ0n) is 18.5. The first-order valence-electron chi connectivity index (χ1n) is 11.5. The van der Waals surface area contributed by atoms with Gasteiger partial charge in [0.1, 0.15) is 0 Å². The molecule has 0 N–H and O–H groups in total. The summed E-state index contributed by atoms with van der Waals surface area (Å²) in [5.41, 5.74) is 3.86. The molecule has 2 amide bonds. The second-order valence-electron chi connectivity index (χ2n) is 9.24. The van der Waals surface area contributed by atoms with Gasteiger partial charge in [0, 0.05) is 31.3 Å². The summed E-state index contributed by atoms with van der Waals surface area (Å²) in [5.74, 6) is 0.186. The largest absolute Gasteiger partial charge is 0.314 e. The van der Waals surface area contributed by atoms with Crippen molar-refractivity contribution >= 4 is 39.1 Å². The molecule has 160 valence electrons. The van der Waals surface area contributed by atoms with E-state index in [9.17, 15) is 9.59 Å². The van der Waals surface area contributed by atoms with Crippen molar-refractivity contribution in [3.63, 3.8) is 0 Å². The predicted octanol–water partition coefficient (Wildman–Crippen LogP) is 5.48. The van der Waals surface area contributed by atoms with Crippen LogP contribution in [0.15, 0.2) is 71.4 Å². The van der Waals surface area contributed by atoms with Crippen molar-refractivity contribution in [1.29, 1.82) is 0 Å². The number of rotatable bonds is 2. The van der Waals surface area contributed by atoms with E-state index in [2.05, 4.69) is 30.3 Å². The molecule has 1 fully saturated rings. The first kappa shape index (κ1) is 19.3. The van der Waals surface area contributed by atoms with Crippen LogP contribution in [0, 0.1) is 5.92 Å². The molecule has 4 nitrogen and oxygen atoms in total. The monoisotopic (exact) mass is 422 g/mol. The van der Waals surface area contributed by atoms with Gasteiger partial charge in [0.15, 0.2) is 0 Å². The van der Waals surface area contributed by atoms with Crippen molar-refractivity contribution in [2.45, 2.75) is 32.1 Å². The van der Waals surface area contributed by atoms with E-state index < -0.39 is 0 Å². The zero-order chi connectivity index (χ0) is 22.0.